The molecule has 3 heteroatoms. The molecule has 0 heterocycles. The monoisotopic (exact) mass is 203 g/mol. The molecule has 14 heavy (non-hydrogen) atoms. The molecule has 0 saturated carbocycles. The van der Waals surface area contributed by atoms with Crippen LogP contribution in [0.5, 0.6) is 0 Å². The van der Waals surface area contributed by atoms with Crippen molar-refractivity contribution in [1.82, 2.24) is 5.32 Å². The fraction of sp³-hybridized carbons (Fsp3) is 1.00. The Morgan fingerprint density at radius 2 is 1.57 bits per heavy atom. The van der Waals surface area contributed by atoms with Gasteiger partial charge >= 0.3 is 0 Å². The molecule has 3 nitrogen and oxygen atoms in total. The van der Waals surface area contributed by atoms with E-state index in [4.69, 9.17) is 9.47 Å². The quantitative estimate of drug-likeness (QED) is 0.612. The first-order valence-electron chi connectivity index (χ1n) is 5.39. The van der Waals surface area contributed by atoms with Crippen molar-refractivity contribution in [2.45, 2.75) is 45.9 Å². The van der Waals surface area contributed by atoms with Crippen molar-refractivity contribution >= 4 is 0 Å². The molecule has 1 unspecified atom stereocenters. The fourth-order valence-corrected chi connectivity index (χ4v) is 1.25. The summed E-state index contributed by atoms with van der Waals surface area (Å²) in [6.45, 7) is 7.46. The molecule has 0 bridgehead atoms. The number of hydrogen-bond donors (Lipinski definition) is 1. The minimum atomic E-state index is -0.128. The van der Waals surface area contributed by atoms with Crippen LogP contribution in [-0.4, -0.2) is 33.1 Å². The molecule has 0 radical (unpaired) electrons. The second-order valence-electron chi connectivity index (χ2n) is 4.18. The predicted molar refractivity (Wildman–Crippen MR) is 59.3 cm³/mol. The van der Waals surface area contributed by atoms with Crippen molar-refractivity contribution in [3.63, 3.8) is 0 Å². The summed E-state index contributed by atoms with van der Waals surface area (Å²) in [6.07, 6.45) is 2.34. The largest absolute Gasteiger partial charge is 0.355 e. The van der Waals surface area contributed by atoms with Crippen molar-refractivity contribution in [1.29, 1.82) is 0 Å². The van der Waals surface area contributed by atoms with Gasteiger partial charge in [0.2, 0.25) is 0 Å². The Bertz CT molecular complexity index is 124. The highest BCUT2D eigenvalue weighted by atomic mass is 16.7. The van der Waals surface area contributed by atoms with Crippen LogP contribution in [-0.2, 0) is 9.47 Å². The van der Waals surface area contributed by atoms with Gasteiger partial charge in [0.15, 0.2) is 6.29 Å². The molecule has 0 aromatic carbocycles. The second-order valence-corrected chi connectivity index (χ2v) is 4.18. The van der Waals surface area contributed by atoms with Gasteiger partial charge in [0, 0.05) is 26.8 Å². The molecular formula is C11H25NO2. The number of ether oxygens (including phenoxy) is 2. The van der Waals surface area contributed by atoms with Crippen LogP contribution in [0.3, 0.4) is 0 Å². The summed E-state index contributed by atoms with van der Waals surface area (Å²) >= 11 is 0. The maximum absolute atomic E-state index is 5.09. The van der Waals surface area contributed by atoms with E-state index in [9.17, 15) is 0 Å². The van der Waals surface area contributed by atoms with Crippen molar-refractivity contribution < 1.29 is 9.47 Å². The van der Waals surface area contributed by atoms with Gasteiger partial charge in [-0.1, -0.05) is 13.8 Å². The molecule has 0 aliphatic heterocycles. The van der Waals surface area contributed by atoms with Crippen LogP contribution >= 0.6 is 0 Å². The van der Waals surface area contributed by atoms with Gasteiger partial charge < -0.3 is 14.8 Å². The average Bonchev–Trinajstić information content (AvgIpc) is 2.16. The molecule has 0 aromatic heterocycles. The van der Waals surface area contributed by atoms with Crippen LogP contribution in [0.15, 0.2) is 0 Å². The molecule has 0 aromatic rings. The highest BCUT2D eigenvalue weighted by molar-refractivity contribution is 4.62. The van der Waals surface area contributed by atoms with Gasteiger partial charge in [-0.15, -0.1) is 0 Å². The number of rotatable bonds is 8. The Balaban J connectivity index is 3.46. The summed E-state index contributed by atoms with van der Waals surface area (Å²) in [7, 11) is 3.32. The van der Waals surface area contributed by atoms with E-state index in [2.05, 4.69) is 26.1 Å². The zero-order valence-corrected chi connectivity index (χ0v) is 10.2. The van der Waals surface area contributed by atoms with E-state index >= 15 is 0 Å². The van der Waals surface area contributed by atoms with E-state index < -0.39 is 0 Å². The van der Waals surface area contributed by atoms with Crippen LogP contribution in [0.1, 0.15) is 33.6 Å². The molecule has 0 fully saturated rings. The smallest absolute Gasteiger partial charge is 0.169 e. The summed E-state index contributed by atoms with van der Waals surface area (Å²) in [4.78, 5) is 0. The lowest BCUT2D eigenvalue weighted by atomic mass is 10.0. The van der Waals surface area contributed by atoms with Crippen LogP contribution in [0.2, 0.25) is 0 Å². The summed E-state index contributed by atoms with van der Waals surface area (Å²) in [6, 6.07) is 0.533. The Kier molecular flexibility index (Phi) is 8.14. The van der Waals surface area contributed by atoms with Gasteiger partial charge in [-0.2, -0.15) is 0 Å². The van der Waals surface area contributed by atoms with Crippen LogP contribution in [0.25, 0.3) is 0 Å². The molecule has 1 atom stereocenters. The zero-order valence-electron chi connectivity index (χ0n) is 10.2. The van der Waals surface area contributed by atoms with Crippen molar-refractivity contribution in [3.05, 3.63) is 0 Å². The minimum Gasteiger partial charge on any atom is -0.355 e. The van der Waals surface area contributed by atoms with Crippen LogP contribution in [0.4, 0.5) is 0 Å². The Hall–Kier alpha value is -0.120. The Morgan fingerprint density at radius 3 is 2.00 bits per heavy atom. The van der Waals surface area contributed by atoms with Gasteiger partial charge in [0.1, 0.15) is 0 Å². The molecule has 0 spiro atoms. The third kappa shape index (κ3) is 7.30. The molecular weight excluding hydrogens is 178 g/mol. The van der Waals surface area contributed by atoms with Crippen molar-refractivity contribution in [3.8, 4) is 0 Å². The summed E-state index contributed by atoms with van der Waals surface area (Å²) < 4.78 is 10.2. The molecule has 0 amide bonds. The summed E-state index contributed by atoms with van der Waals surface area (Å²) in [5, 5.41) is 3.39. The predicted octanol–water partition coefficient (Wildman–Crippen LogP) is 2.02. The van der Waals surface area contributed by atoms with Crippen molar-refractivity contribution in [2.75, 3.05) is 20.8 Å². The maximum Gasteiger partial charge on any atom is 0.169 e. The van der Waals surface area contributed by atoms with Gasteiger partial charge in [-0.05, 0) is 25.7 Å². The van der Waals surface area contributed by atoms with E-state index in [0.29, 0.717) is 6.04 Å². The zero-order chi connectivity index (χ0) is 11.0. The SMILES string of the molecule is COC(CNC(C)CCC(C)C)OC. The molecule has 0 aliphatic carbocycles. The second kappa shape index (κ2) is 8.21. The Morgan fingerprint density at radius 1 is 1.00 bits per heavy atom. The molecule has 0 rings (SSSR count). The normalized spacial score (nSPS) is 13.9. The van der Waals surface area contributed by atoms with E-state index in [1.165, 1.54) is 12.8 Å². The van der Waals surface area contributed by atoms with Crippen LogP contribution < -0.4 is 5.32 Å². The van der Waals surface area contributed by atoms with E-state index in [-0.39, 0.29) is 6.29 Å². The molecule has 1 N–H and O–H groups in total. The van der Waals surface area contributed by atoms with E-state index in [1.54, 1.807) is 14.2 Å². The van der Waals surface area contributed by atoms with E-state index in [1.807, 2.05) is 0 Å². The first-order valence-corrected chi connectivity index (χ1v) is 5.39. The molecule has 0 saturated heterocycles. The summed E-state index contributed by atoms with van der Waals surface area (Å²) in [5.41, 5.74) is 0. The first-order chi connectivity index (χ1) is 6.60. The maximum atomic E-state index is 5.09. The molecule has 86 valence electrons. The fourth-order valence-electron chi connectivity index (χ4n) is 1.25. The van der Waals surface area contributed by atoms with Gasteiger partial charge in [0.25, 0.3) is 0 Å². The van der Waals surface area contributed by atoms with Gasteiger partial charge in [-0.25, -0.2) is 0 Å². The minimum absolute atomic E-state index is 0.128. The third-order valence-corrected chi connectivity index (χ3v) is 2.34. The van der Waals surface area contributed by atoms with Gasteiger partial charge in [-0.3, -0.25) is 0 Å². The number of nitrogens with one attached hydrogen (secondary N) is 1. The highest BCUT2D eigenvalue weighted by Crippen LogP contribution is 2.06. The van der Waals surface area contributed by atoms with E-state index in [0.717, 1.165) is 12.5 Å². The lowest BCUT2D eigenvalue weighted by molar-refractivity contribution is -0.0997. The number of methoxy groups -OCH3 is 2. The number of hydrogen-bond acceptors (Lipinski definition) is 3. The Labute approximate surface area is 88.2 Å². The topological polar surface area (TPSA) is 30.5 Å². The van der Waals surface area contributed by atoms with Gasteiger partial charge in [0.05, 0.1) is 0 Å². The standard InChI is InChI=1S/C11H25NO2/c1-9(2)6-7-10(3)12-8-11(13-4)14-5/h9-12H,6-8H2,1-5H3. The highest BCUT2D eigenvalue weighted by Gasteiger charge is 2.07. The molecule has 0 aliphatic rings. The third-order valence-electron chi connectivity index (χ3n) is 2.34. The van der Waals surface area contributed by atoms with Crippen LogP contribution in [0, 0.1) is 5.92 Å². The first kappa shape index (κ1) is 13.9. The summed E-state index contributed by atoms with van der Waals surface area (Å²) in [5.74, 6) is 0.778. The lowest BCUT2D eigenvalue weighted by Crippen LogP contribution is -2.35. The van der Waals surface area contributed by atoms with Crippen molar-refractivity contribution in [2.24, 2.45) is 5.92 Å². The lowest BCUT2D eigenvalue weighted by Gasteiger charge is -2.19. The average molecular weight is 203 g/mol.